The Labute approximate surface area is 122 Å². The summed E-state index contributed by atoms with van der Waals surface area (Å²) >= 11 is 0. The van der Waals surface area contributed by atoms with E-state index in [4.69, 9.17) is 5.14 Å². The number of anilines is 1. The summed E-state index contributed by atoms with van der Waals surface area (Å²) in [5, 5.41) is 26.9. The lowest BCUT2D eigenvalue weighted by atomic mass is 10.1. The highest BCUT2D eigenvalue weighted by atomic mass is 32.2. The van der Waals surface area contributed by atoms with Gasteiger partial charge in [0.05, 0.1) is 4.90 Å². The fraction of sp³-hybridized carbons (Fsp3) is 0.143. The van der Waals surface area contributed by atoms with Gasteiger partial charge in [0.15, 0.2) is 11.5 Å². The van der Waals surface area contributed by atoms with Crippen molar-refractivity contribution in [1.82, 2.24) is 0 Å². The summed E-state index contributed by atoms with van der Waals surface area (Å²) in [5.41, 5.74) is 2.24. The van der Waals surface area contributed by atoms with Gasteiger partial charge in [0.25, 0.3) is 0 Å². The predicted octanol–water partition coefficient (Wildman–Crippen LogP) is 1.67. The van der Waals surface area contributed by atoms with Gasteiger partial charge < -0.3 is 15.5 Å². The number of primary sulfonamides is 1. The van der Waals surface area contributed by atoms with Crippen molar-refractivity contribution in [2.24, 2.45) is 5.14 Å². The van der Waals surface area contributed by atoms with Gasteiger partial charge >= 0.3 is 0 Å². The number of aryl methyl sites for hydroxylation is 1. The minimum Gasteiger partial charge on any atom is -0.504 e. The number of aromatic hydroxyl groups is 2. The number of phenolic OH excluding ortho intramolecular Hbond substituents is 2. The van der Waals surface area contributed by atoms with Crippen LogP contribution in [0.1, 0.15) is 11.1 Å². The lowest BCUT2D eigenvalue weighted by Gasteiger charge is -2.11. The van der Waals surface area contributed by atoms with E-state index in [1.54, 1.807) is 12.1 Å². The first-order valence-electron chi connectivity index (χ1n) is 6.15. The van der Waals surface area contributed by atoms with Crippen LogP contribution in [0, 0.1) is 6.92 Å². The molecule has 0 bridgehead atoms. The van der Waals surface area contributed by atoms with E-state index in [1.165, 1.54) is 24.3 Å². The molecule has 0 heterocycles. The molecule has 0 aliphatic carbocycles. The van der Waals surface area contributed by atoms with Gasteiger partial charge in [0.1, 0.15) is 0 Å². The number of nitrogens with one attached hydrogen (secondary N) is 1. The highest BCUT2D eigenvalue weighted by Crippen LogP contribution is 2.26. The van der Waals surface area contributed by atoms with Gasteiger partial charge in [0, 0.05) is 12.2 Å². The average Bonchev–Trinajstić information content (AvgIpc) is 2.40. The Kier molecular flexibility index (Phi) is 4.06. The molecule has 7 heteroatoms. The summed E-state index contributed by atoms with van der Waals surface area (Å²) < 4.78 is 22.7. The maximum absolute atomic E-state index is 11.3. The van der Waals surface area contributed by atoms with Crippen molar-refractivity contribution in [2.75, 3.05) is 5.32 Å². The first kappa shape index (κ1) is 15.1. The molecule has 2 aromatic carbocycles. The molecule has 0 atom stereocenters. The second-order valence-corrected chi connectivity index (χ2v) is 6.26. The largest absolute Gasteiger partial charge is 0.504 e. The first-order chi connectivity index (χ1) is 9.77. The van der Waals surface area contributed by atoms with Gasteiger partial charge in [-0.3, -0.25) is 0 Å². The number of phenols is 2. The molecule has 0 fully saturated rings. The Morgan fingerprint density at radius 2 is 1.81 bits per heavy atom. The number of hydrogen-bond donors (Lipinski definition) is 4. The van der Waals surface area contributed by atoms with Crippen molar-refractivity contribution in [2.45, 2.75) is 18.4 Å². The van der Waals surface area contributed by atoms with E-state index >= 15 is 0 Å². The molecule has 5 N–H and O–H groups in total. The van der Waals surface area contributed by atoms with Crippen LogP contribution in [0.5, 0.6) is 11.5 Å². The van der Waals surface area contributed by atoms with Gasteiger partial charge in [-0.15, -0.1) is 0 Å². The zero-order valence-electron chi connectivity index (χ0n) is 11.4. The zero-order valence-corrected chi connectivity index (χ0v) is 12.2. The third kappa shape index (κ3) is 3.65. The van der Waals surface area contributed by atoms with Crippen LogP contribution >= 0.6 is 0 Å². The molecule has 2 rings (SSSR count). The number of sulfonamides is 1. The van der Waals surface area contributed by atoms with Crippen molar-refractivity contribution < 1.29 is 18.6 Å². The van der Waals surface area contributed by atoms with Gasteiger partial charge in [-0.2, -0.15) is 0 Å². The van der Waals surface area contributed by atoms with Crippen LogP contribution in [-0.4, -0.2) is 18.6 Å². The lowest BCUT2D eigenvalue weighted by molar-refractivity contribution is 0.403. The van der Waals surface area contributed by atoms with Crippen LogP contribution in [0.4, 0.5) is 5.69 Å². The van der Waals surface area contributed by atoms with Crippen molar-refractivity contribution >= 4 is 15.7 Å². The molecule has 0 aromatic heterocycles. The third-order valence-corrected chi connectivity index (χ3v) is 3.97. The number of hydrogen-bond acceptors (Lipinski definition) is 5. The van der Waals surface area contributed by atoms with Crippen LogP contribution in [-0.2, 0) is 16.6 Å². The minimum atomic E-state index is -3.75. The molecule has 0 radical (unpaired) electrons. The fourth-order valence-corrected chi connectivity index (χ4v) is 2.38. The summed E-state index contributed by atoms with van der Waals surface area (Å²) in [5.74, 6) is -0.393. The van der Waals surface area contributed by atoms with Crippen LogP contribution in [0.2, 0.25) is 0 Å². The second kappa shape index (κ2) is 5.63. The summed E-state index contributed by atoms with van der Waals surface area (Å²) in [6.07, 6.45) is 0. The van der Waals surface area contributed by atoms with Gasteiger partial charge in [-0.1, -0.05) is 12.1 Å². The molecule has 6 nitrogen and oxygen atoms in total. The van der Waals surface area contributed by atoms with E-state index in [0.717, 1.165) is 11.1 Å². The predicted molar refractivity (Wildman–Crippen MR) is 79.7 cm³/mol. The van der Waals surface area contributed by atoms with E-state index in [-0.39, 0.29) is 16.4 Å². The molecule has 112 valence electrons. The van der Waals surface area contributed by atoms with E-state index in [9.17, 15) is 18.6 Å². The molecule has 0 unspecified atom stereocenters. The Balaban J connectivity index is 2.21. The van der Waals surface area contributed by atoms with Crippen LogP contribution in [0.15, 0.2) is 41.3 Å². The van der Waals surface area contributed by atoms with Crippen LogP contribution < -0.4 is 10.5 Å². The SMILES string of the molecule is Cc1ccc(S(N)(=O)=O)cc1NCc1ccc(O)c(O)c1. The van der Waals surface area contributed by atoms with Crippen molar-refractivity contribution in [3.63, 3.8) is 0 Å². The normalized spacial score (nSPS) is 11.3. The van der Waals surface area contributed by atoms with Crippen molar-refractivity contribution in [3.05, 3.63) is 47.5 Å². The van der Waals surface area contributed by atoms with E-state index in [2.05, 4.69) is 5.32 Å². The number of benzene rings is 2. The molecule has 0 aliphatic heterocycles. The van der Waals surface area contributed by atoms with Gasteiger partial charge in [-0.05, 0) is 42.3 Å². The van der Waals surface area contributed by atoms with Gasteiger partial charge in [0.2, 0.25) is 10.0 Å². The van der Waals surface area contributed by atoms with E-state index < -0.39 is 10.0 Å². The summed E-state index contributed by atoms with van der Waals surface area (Å²) in [4.78, 5) is 0.0316. The topological polar surface area (TPSA) is 113 Å². The molecule has 0 aliphatic rings. The Hall–Kier alpha value is -2.25. The van der Waals surface area contributed by atoms with Crippen molar-refractivity contribution in [1.29, 1.82) is 0 Å². The molecular weight excluding hydrogens is 292 g/mol. The lowest BCUT2D eigenvalue weighted by Crippen LogP contribution is -2.13. The minimum absolute atomic E-state index is 0.0316. The monoisotopic (exact) mass is 308 g/mol. The number of rotatable bonds is 4. The molecule has 0 spiro atoms. The molecule has 0 saturated heterocycles. The standard InChI is InChI=1S/C14H16N2O4S/c1-9-2-4-11(21(15,19)20)7-12(9)16-8-10-3-5-13(17)14(18)6-10/h2-7,16-18H,8H2,1H3,(H2,15,19,20). The average molecular weight is 308 g/mol. The fourth-order valence-electron chi connectivity index (χ4n) is 1.84. The third-order valence-electron chi connectivity index (χ3n) is 3.06. The van der Waals surface area contributed by atoms with E-state index in [1.807, 2.05) is 6.92 Å². The highest BCUT2D eigenvalue weighted by Gasteiger charge is 2.10. The summed E-state index contributed by atoms with van der Waals surface area (Å²) in [6.45, 7) is 2.20. The summed E-state index contributed by atoms with van der Waals surface area (Å²) in [6, 6.07) is 9.05. The van der Waals surface area contributed by atoms with Gasteiger partial charge in [-0.25, -0.2) is 13.6 Å². The maximum Gasteiger partial charge on any atom is 0.238 e. The second-order valence-electron chi connectivity index (χ2n) is 4.70. The van der Waals surface area contributed by atoms with Crippen LogP contribution in [0.3, 0.4) is 0 Å². The molecular formula is C14H16N2O4S. The Bertz CT molecular complexity index is 773. The molecule has 0 saturated carbocycles. The molecule has 0 amide bonds. The molecule has 21 heavy (non-hydrogen) atoms. The highest BCUT2D eigenvalue weighted by molar-refractivity contribution is 7.89. The van der Waals surface area contributed by atoms with Crippen LogP contribution in [0.25, 0.3) is 0 Å². The van der Waals surface area contributed by atoms with Crippen molar-refractivity contribution in [3.8, 4) is 11.5 Å². The quantitative estimate of drug-likeness (QED) is 0.642. The molecule has 2 aromatic rings. The smallest absolute Gasteiger partial charge is 0.238 e. The Morgan fingerprint density at radius 1 is 1.10 bits per heavy atom. The first-order valence-corrected chi connectivity index (χ1v) is 7.70. The summed E-state index contributed by atoms with van der Waals surface area (Å²) in [7, 11) is -3.75. The number of nitrogens with two attached hydrogens (primary N) is 1. The maximum atomic E-state index is 11.3. The Morgan fingerprint density at radius 3 is 2.43 bits per heavy atom. The zero-order chi connectivity index (χ0) is 15.6. The van der Waals surface area contributed by atoms with E-state index in [0.29, 0.717) is 12.2 Å².